The van der Waals surface area contributed by atoms with E-state index < -0.39 is 0 Å². The van der Waals surface area contributed by atoms with E-state index in [4.69, 9.17) is 11.6 Å². The number of aromatic nitrogens is 4. The van der Waals surface area contributed by atoms with Gasteiger partial charge in [0.1, 0.15) is 0 Å². The molecule has 6 rings (SSSR count). The molecule has 10 nitrogen and oxygen atoms in total. The van der Waals surface area contributed by atoms with Gasteiger partial charge in [-0.2, -0.15) is 10.4 Å². The normalized spacial score (nSPS) is 17.0. The molecule has 4 aromatic rings. The summed E-state index contributed by atoms with van der Waals surface area (Å²) in [5, 5.41) is 17.5. The first-order valence-electron chi connectivity index (χ1n) is 13.2. The Balaban J connectivity index is 1.12. The summed E-state index contributed by atoms with van der Waals surface area (Å²) in [4.78, 5) is 41.1. The molecule has 2 aliphatic heterocycles. The van der Waals surface area contributed by atoms with Crippen molar-refractivity contribution in [2.75, 3.05) is 31.1 Å². The molecule has 1 unspecified atom stereocenters. The van der Waals surface area contributed by atoms with Crippen LogP contribution in [0.3, 0.4) is 0 Å². The van der Waals surface area contributed by atoms with Crippen molar-refractivity contribution in [3.05, 3.63) is 81.8 Å². The van der Waals surface area contributed by atoms with Gasteiger partial charge in [-0.05, 0) is 48.2 Å². The predicted molar refractivity (Wildman–Crippen MR) is 150 cm³/mol. The molecule has 2 aromatic carbocycles. The van der Waals surface area contributed by atoms with Crippen molar-refractivity contribution in [1.29, 1.82) is 5.26 Å². The average Bonchev–Trinajstić information content (AvgIpc) is 3.40. The van der Waals surface area contributed by atoms with Crippen molar-refractivity contribution in [2.24, 2.45) is 0 Å². The van der Waals surface area contributed by atoms with E-state index in [1.807, 2.05) is 24.0 Å². The lowest BCUT2D eigenvalue weighted by Crippen LogP contribution is -2.54. The number of nitriles is 1. The Morgan fingerprint density at radius 3 is 2.70 bits per heavy atom. The first-order chi connectivity index (χ1) is 19.4. The quantitative estimate of drug-likeness (QED) is 0.410. The van der Waals surface area contributed by atoms with Gasteiger partial charge in [0.15, 0.2) is 5.69 Å². The van der Waals surface area contributed by atoms with Crippen molar-refractivity contribution in [2.45, 2.75) is 32.4 Å². The molecule has 1 fully saturated rings. The van der Waals surface area contributed by atoms with Crippen LogP contribution in [0.2, 0.25) is 5.02 Å². The van der Waals surface area contributed by atoms with E-state index in [0.717, 1.165) is 23.1 Å². The topological polar surface area (TPSA) is 122 Å². The van der Waals surface area contributed by atoms with Crippen LogP contribution in [-0.4, -0.2) is 74.0 Å². The van der Waals surface area contributed by atoms with E-state index in [-0.39, 0.29) is 17.9 Å². The Hall–Kier alpha value is -4.49. The lowest BCUT2D eigenvalue weighted by Gasteiger charge is -2.40. The molecule has 0 bridgehead atoms. The minimum atomic E-state index is -0.176. The van der Waals surface area contributed by atoms with Crippen LogP contribution in [-0.2, 0) is 24.2 Å². The summed E-state index contributed by atoms with van der Waals surface area (Å²) in [7, 11) is 0. The van der Waals surface area contributed by atoms with Crippen LogP contribution in [0, 0.1) is 11.3 Å². The minimum absolute atomic E-state index is 0.0106. The predicted octanol–water partition coefficient (Wildman–Crippen LogP) is 3.36. The number of nitrogens with zero attached hydrogens (tertiary/aromatic N) is 7. The molecule has 1 atom stereocenters. The van der Waals surface area contributed by atoms with E-state index in [2.05, 4.69) is 37.2 Å². The smallest absolute Gasteiger partial charge is 0.275 e. The van der Waals surface area contributed by atoms with Gasteiger partial charge in [-0.3, -0.25) is 14.7 Å². The summed E-state index contributed by atoms with van der Waals surface area (Å²) in [6.45, 7) is 4.94. The van der Waals surface area contributed by atoms with Crippen LogP contribution in [0.15, 0.2) is 48.8 Å². The van der Waals surface area contributed by atoms with Gasteiger partial charge in [0.2, 0.25) is 11.9 Å². The van der Waals surface area contributed by atoms with Crippen LogP contribution < -0.4 is 4.90 Å². The Morgan fingerprint density at radius 2 is 1.93 bits per heavy atom. The molecule has 0 spiro atoms. The maximum atomic E-state index is 13.4. The Kier molecular flexibility index (Phi) is 6.82. The fraction of sp³-hybridized carbons (Fsp3) is 0.310. The number of nitrogens with one attached hydrogen (secondary N) is 1. The number of benzene rings is 2. The van der Waals surface area contributed by atoms with Crippen LogP contribution in [0.5, 0.6) is 0 Å². The second-order valence-electron chi connectivity index (χ2n) is 10.3. The zero-order valence-corrected chi connectivity index (χ0v) is 22.7. The third kappa shape index (κ3) is 4.96. The molecular weight excluding hydrogens is 528 g/mol. The highest BCUT2D eigenvalue weighted by Gasteiger charge is 2.29. The number of amides is 2. The van der Waals surface area contributed by atoms with Crippen LogP contribution in [0.1, 0.15) is 39.7 Å². The maximum Gasteiger partial charge on any atom is 0.275 e. The molecule has 40 heavy (non-hydrogen) atoms. The van der Waals surface area contributed by atoms with Gasteiger partial charge in [-0.25, -0.2) is 9.97 Å². The van der Waals surface area contributed by atoms with Gasteiger partial charge in [-0.15, -0.1) is 0 Å². The Bertz CT molecular complexity index is 1640. The van der Waals surface area contributed by atoms with Gasteiger partial charge in [-0.1, -0.05) is 29.8 Å². The van der Waals surface area contributed by atoms with Crippen molar-refractivity contribution >= 4 is 40.3 Å². The third-order valence-electron chi connectivity index (χ3n) is 7.66. The standard InChI is InChI=1S/C29H27ClN8O2/c1-18-16-37(29-32-14-23(30)15-33-29)8-9-38(18)26(39)12-19-2-4-21-6-7-36(17-22(21)10-19)28(40)27-24-11-20(13-31)3-5-25(24)34-35-27/h2-5,10-11,14-15,18H,6-9,12,16-17H2,1H3,(H,34,35). The number of anilines is 1. The zero-order chi connectivity index (χ0) is 27.8. The summed E-state index contributed by atoms with van der Waals surface area (Å²) >= 11 is 5.91. The first-order valence-corrected chi connectivity index (χ1v) is 13.6. The van der Waals surface area contributed by atoms with Gasteiger partial charge >= 0.3 is 0 Å². The van der Waals surface area contributed by atoms with Gasteiger partial charge < -0.3 is 14.7 Å². The first kappa shape index (κ1) is 25.8. The molecule has 202 valence electrons. The second-order valence-corrected chi connectivity index (χ2v) is 10.7. The van der Waals surface area contributed by atoms with Crippen molar-refractivity contribution < 1.29 is 9.59 Å². The highest BCUT2D eigenvalue weighted by molar-refractivity contribution is 6.30. The molecule has 0 saturated carbocycles. The average molecular weight is 555 g/mol. The molecule has 1 N–H and O–H groups in total. The molecular formula is C29H27ClN8O2. The number of H-pyrrole nitrogens is 1. The molecule has 2 amide bonds. The van der Waals surface area contributed by atoms with Crippen molar-refractivity contribution in [3.8, 4) is 6.07 Å². The highest BCUT2D eigenvalue weighted by atomic mass is 35.5. The molecule has 1 saturated heterocycles. The summed E-state index contributed by atoms with van der Waals surface area (Å²) in [5.74, 6) is 0.513. The Labute approximate surface area is 236 Å². The van der Waals surface area contributed by atoms with Gasteiger partial charge in [0.05, 0.1) is 41.0 Å². The van der Waals surface area contributed by atoms with Crippen molar-refractivity contribution in [3.63, 3.8) is 0 Å². The third-order valence-corrected chi connectivity index (χ3v) is 7.85. The summed E-state index contributed by atoms with van der Waals surface area (Å²) in [6, 6.07) is 13.4. The molecule has 4 heterocycles. The number of hydrogen-bond donors (Lipinski definition) is 1. The number of halogens is 1. The summed E-state index contributed by atoms with van der Waals surface area (Å²) < 4.78 is 0. The van der Waals surface area contributed by atoms with Crippen LogP contribution in [0.4, 0.5) is 5.95 Å². The van der Waals surface area contributed by atoms with E-state index in [9.17, 15) is 14.9 Å². The van der Waals surface area contributed by atoms with Crippen molar-refractivity contribution in [1.82, 2.24) is 30.0 Å². The number of aromatic amines is 1. The zero-order valence-electron chi connectivity index (χ0n) is 22.0. The lowest BCUT2D eigenvalue weighted by atomic mass is 9.95. The van der Waals surface area contributed by atoms with Gasteiger partial charge in [0, 0.05) is 44.2 Å². The maximum absolute atomic E-state index is 13.4. The molecule has 11 heteroatoms. The van der Waals surface area contributed by atoms with Crippen LogP contribution >= 0.6 is 11.6 Å². The number of piperazine rings is 1. The number of carbonyl (C=O) groups excluding carboxylic acids is 2. The lowest BCUT2D eigenvalue weighted by molar-refractivity contribution is -0.132. The molecule has 0 radical (unpaired) electrons. The summed E-state index contributed by atoms with van der Waals surface area (Å²) in [5.41, 5.74) is 4.67. The monoisotopic (exact) mass is 554 g/mol. The highest BCUT2D eigenvalue weighted by Crippen LogP contribution is 2.25. The van der Waals surface area contributed by atoms with E-state index >= 15 is 0 Å². The fourth-order valence-electron chi connectivity index (χ4n) is 5.54. The number of hydrogen-bond acceptors (Lipinski definition) is 7. The van der Waals surface area contributed by atoms with E-state index in [1.54, 1.807) is 35.5 Å². The molecule has 2 aromatic heterocycles. The SMILES string of the molecule is CC1CN(c2ncc(Cl)cn2)CCN1C(=O)Cc1ccc2c(c1)CN(C(=O)c1n[nH]c3ccc(C#N)cc13)CC2. The molecule has 2 aliphatic rings. The van der Waals surface area contributed by atoms with E-state index in [0.29, 0.717) is 66.8 Å². The Morgan fingerprint density at radius 1 is 1.10 bits per heavy atom. The number of fused-ring (bicyclic) bond motifs is 2. The largest absolute Gasteiger partial charge is 0.337 e. The molecule has 0 aliphatic carbocycles. The van der Waals surface area contributed by atoms with Gasteiger partial charge in [0.25, 0.3) is 5.91 Å². The number of rotatable bonds is 4. The summed E-state index contributed by atoms with van der Waals surface area (Å²) in [6.07, 6.45) is 4.19. The van der Waals surface area contributed by atoms with Crippen LogP contribution in [0.25, 0.3) is 10.9 Å². The second kappa shape index (κ2) is 10.6. The number of carbonyl (C=O) groups is 2. The minimum Gasteiger partial charge on any atom is -0.337 e. The fourth-order valence-corrected chi connectivity index (χ4v) is 5.64. The van der Waals surface area contributed by atoms with E-state index in [1.165, 1.54) is 5.56 Å².